The van der Waals surface area contributed by atoms with Gasteiger partial charge in [0, 0.05) is 21.4 Å². The fourth-order valence-electron chi connectivity index (χ4n) is 2.51. The van der Waals surface area contributed by atoms with Gasteiger partial charge in [0.15, 0.2) is 0 Å². The maximum absolute atomic E-state index is 6.11. The van der Waals surface area contributed by atoms with E-state index < -0.39 is 0 Å². The maximum atomic E-state index is 6.11. The molecular formula is C19H25ClN4. The van der Waals surface area contributed by atoms with E-state index in [1.807, 2.05) is 30.3 Å². The Morgan fingerprint density at radius 2 is 1.54 bits per heavy atom. The Hall–Kier alpha value is -2.07. The molecule has 0 aliphatic heterocycles. The van der Waals surface area contributed by atoms with Gasteiger partial charge >= 0.3 is 0 Å². The van der Waals surface area contributed by atoms with Crippen LogP contribution in [-0.2, 0) is 10.8 Å². The van der Waals surface area contributed by atoms with Gasteiger partial charge in [-0.25, -0.2) is 4.98 Å². The maximum Gasteiger partial charge on any atom is 0.222 e. The first-order valence-electron chi connectivity index (χ1n) is 7.89. The second-order valence-corrected chi connectivity index (χ2v) is 7.98. The molecule has 0 unspecified atom stereocenters. The summed E-state index contributed by atoms with van der Waals surface area (Å²) >= 11 is 5.98. The van der Waals surface area contributed by atoms with Crippen molar-refractivity contribution in [3.05, 3.63) is 52.2 Å². The molecule has 4 N–H and O–H groups in total. The van der Waals surface area contributed by atoms with Crippen LogP contribution < -0.4 is 11.5 Å². The van der Waals surface area contributed by atoms with Gasteiger partial charge < -0.3 is 11.5 Å². The standard InChI is InChI=1S/C19H25ClN4/c1-18(2,3)15-14(16(21)24-17(22)23-15)10-11-19(4,5)12-6-8-13(20)9-7-12/h6-11H,1-5H3,(H4,21,22,23,24)/b11-10+. The highest BCUT2D eigenvalue weighted by molar-refractivity contribution is 6.30. The van der Waals surface area contributed by atoms with Crippen molar-refractivity contribution in [2.24, 2.45) is 0 Å². The second kappa shape index (κ2) is 6.44. The van der Waals surface area contributed by atoms with E-state index in [2.05, 4.69) is 50.7 Å². The summed E-state index contributed by atoms with van der Waals surface area (Å²) in [5, 5.41) is 0.727. The van der Waals surface area contributed by atoms with Crippen LogP contribution in [0.5, 0.6) is 0 Å². The van der Waals surface area contributed by atoms with Crippen molar-refractivity contribution in [2.75, 3.05) is 11.5 Å². The number of anilines is 2. The van der Waals surface area contributed by atoms with Crippen LogP contribution in [0, 0.1) is 0 Å². The quantitative estimate of drug-likeness (QED) is 0.854. The third-order valence-corrected chi connectivity index (χ3v) is 4.21. The van der Waals surface area contributed by atoms with Crippen LogP contribution in [0.4, 0.5) is 11.8 Å². The van der Waals surface area contributed by atoms with Gasteiger partial charge in [0.25, 0.3) is 0 Å². The van der Waals surface area contributed by atoms with Crippen LogP contribution in [0.15, 0.2) is 30.3 Å². The largest absolute Gasteiger partial charge is 0.383 e. The van der Waals surface area contributed by atoms with E-state index >= 15 is 0 Å². The van der Waals surface area contributed by atoms with E-state index in [1.54, 1.807) is 0 Å². The van der Waals surface area contributed by atoms with Crippen molar-refractivity contribution in [2.45, 2.75) is 45.4 Å². The molecule has 0 aliphatic carbocycles. The van der Waals surface area contributed by atoms with Gasteiger partial charge in [0.2, 0.25) is 5.95 Å². The first kappa shape index (κ1) is 18.3. The normalized spacial score (nSPS) is 12.8. The van der Waals surface area contributed by atoms with Crippen molar-refractivity contribution >= 4 is 29.4 Å². The fourth-order valence-corrected chi connectivity index (χ4v) is 2.63. The third kappa shape index (κ3) is 4.06. The molecule has 1 aromatic carbocycles. The summed E-state index contributed by atoms with van der Waals surface area (Å²) in [6.45, 7) is 10.5. The van der Waals surface area contributed by atoms with Crippen LogP contribution in [0.25, 0.3) is 6.08 Å². The molecule has 5 heteroatoms. The molecule has 4 nitrogen and oxygen atoms in total. The fraction of sp³-hybridized carbons (Fsp3) is 0.368. The molecule has 24 heavy (non-hydrogen) atoms. The van der Waals surface area contributed by atoms with E-state index in [0.29, 0.717) is 5.82 Å². The number of nitrogens with zero attached hydrogens (tertiary/aromatic N) is 2. The van der Waals surface area contributed by atoms with Gasteiger partial charge in [0.1, 0.15) is 5.82 Å². The molecule has 0 spiro atoms. The molecule has 0 bridgehead atoms. The predicted octanol–water partition coefficient (Wildman–Crippen LogP) is 4.58. The molecule has 1 aromatic heterocycles. The Morgan fingerprint density at radius 1 is 0.958 bits per heavy atom. The summed E-state index contributed by atoms with van der Waals surface area (Å²) in [4.78, 5) is 8.52. The molecule has 1 heterocycles. The summed E-state index contributed by atoms with van der Waals surface area (Å²) in [6.07, 6.45) is 4.10. The number of halogens is 1. The highest BCUT2D eigenvalue weighted by Crippen LogP contribution is 2.31. The van der Waals surface area contributed by atoms with Crippen molar-refractivity contribution in [1.29, 1.82) is 0 Å². The van der Waals surface area contributed by atoms with Gasteiger partial charge in [-0.05, 0) is 17.7 Å². The van der Waals surface area contributed by atoms with Gasteiger partial charge in [-0.2, -0.15) is 4.98 Å². The molecule has 2 aromatic rings. The lowest BCUT2D eigenvalue weighted by molar-refractivity contribution is 0.567. The number of allylic oxidation sites excluding steroid dienone is 1. The number of nitrogen functional groups attached to an aromatic ring is 2. The highest BCUT2D eigenvalue weighted by Gasteiger charge is 2.23. The van der Waals surface area contributed by atoms with Crippen molar-refractivity contribution in [1.82, 2.24) is 9.97 Å². The number of benzene rings is 1. The molecular weight excluding hydrogens is 320 g/mol. The Morgan fingerprint density at radius 3 is 2.08 bits per heavy atom. The average Bonchev–Trinajstić information content (AvgIpc) is 2.45. The van der Waals surface area contributed by atoms with E-state index in [-0.39, 0.29) is 16.8 Å². The summed E-state index contributed by atoms with van der Waals surface area (Å²) in [5.41, 5.74) is 14.3. The lowest BCUT2D eigenvalue weighted by Crippen LogP contribution is -2.19. The predicted molar refractivity (Wildman–Crippen MR) is 103 cm³/mol. The second-order valence-electron chi connectivity index (χ2n) is 7.54. The van der Waals surface area contributed by atoms with Gasteiger partial charge in [0.05, 0.1) is 5.69 Å². The van der Waals surface area contributed by atoms with Crippen molar-refractivity contribution in [3.63, 3.8) is 0 Å². The Kier molecular flexibility index (Phi) is 4.90. The van der Waals surface area contributed by atoms with Crippen molar-refractivity contribution < 1.29 is 0 Å². The molecule has 128 valence electrons. The first-order valence-corrected chi connectivity index (χ1v) is 8.27. The summed E-state index contributed by atoms with van der Waals surface area (Å²) < 4.78 is 0. The minimum absolute atomic E-state index is 0.185. The zero-order valence-electron chi connectivity index (χ0n) is 14.9. The van der Waals surface area contributed by atoms with Crippen LogP contribution in [0.3, 0.4) is 0 Å². The summed E-state index contributed by atoms with van der Waals surface area (Å²) in [5.74, 6) is 0.599. The van der Waals surface area contributed by atoms with E-state index in [1.165, 1.54) is 0 Å². The van der Waals surface area contributed by atoms with Crippen LogP contribution in [-0.4, -0.2) is 9.97 Å². The number of rotatable bonds is 3. The van der Waals surface area contributed by atoms with Crippen LogP contribution in [0.1, 0.15) is 51.4 Å². The third-order valence-electron chi connectivity index (χ3n) is 3.96. The van der Waals surface area contributed by atoms with E-state index in [0.717, 1.165) is 21.8 Å². The summed E-state index contributed by atoms with van der Waals surface area (Å²) in [7, 11) is 0. The van der Waals surface area contributed by atoms with Gasteiger partial charge in [-0.3, -0.25) is 0 Å². The highest BCUT2D eigenvalue weighted by atomic mass is 35.5. The SMILES string of the molecule is CC(C)(C)c1nc(N)nc(N)c1/C=C/C(C)(C)c1ccc(Cl)cc1. The molecule has 0 saturated carbocycles. The lowest BCUT2D eigenvalue weighted by Gasteiger charge is -2.24. The van der Waals surface area contributed by atoms with E-state index in [9.17, 15) is 0 Å². The van der Waals surface area contributed by atoms with E-state index in [4.69, 9.17) is 23.1 Å². The number of hydrogen-bond donors (Lipinski definition) is 2. The molecule has 2 rings (SSSR count). The molecule has 0 amide bonds. The monoisotopic (exact) mass is 344 g/mol. The zero-order valence-corrected chi connectivity index (χ0v) is 15.6. The van der Waals surface area contributed by atoms with Gasteiger partial charge in [-0.1, -0.05) is 70.5 Å². The molecule has 0 fully saturated rings. The smallest absolute Gasteiger partial charge is 0.222 e. The Labute approximate surface area is 149 Å². The topological polar surface area (TPSA) is 77.8 Å². The molecule has 0 saturated heterocycles. The minimum Gasteiger partial charge on any atom is -0.383 e. The number of aromatic nitrogens is 2. The molecule has 0 atom stereocenters. The van der Waals surface area contributed by atoms with Crippen LogP contribution in [0.2, 0.25) is 5.02 Å². The summed E-state index contributed by atoms with van der Waals surface area (Å²) in [6, 6.07) is 7.85. The van der Waals surface area contributed by atoms with Crippen LogP contribution >= 0.6 is 11.6 Å². The Bertz CT molecular complexity index is 756. The minimum atomic E-state index is -0.187. The number of hydrogen-bond acceptors (Lipinski definition) is 4. The lowest BCUT2D eigenvalue weighted by atomic mass is 9.83. The number of nitrogens with two attached hydrogens (primary N) is 2. The first-order chi connectivity index (χ1) is 11.0. The van der Waals surface area contributed by atoms with Crippen molar-refractivity contribution in [3.8, 4) is 0 Å². The molecule has 0 radical (unpaired) electrons. The van der Waals surface area contributed by atoms with Gasteiger partial charge in [-0.15, -0.1) is 0 Å². The zero-order chi connectivity index (χ0) is 18.1. The average molecular weight is 345 g/mol. The Balaban J connectivity index is 2.46. The molecule has 0 aliphatic rings.